The molecule has 6 nitrogen and oxygen atoms in total. The molecule has 0 bridgehead atoms. The maximum Gasteiger partial charge on any atom is 0.416 e. The van der Waals surface area contributed by atoms with Gasteiger partial charge < -0.3 is 10.1 Å². The fourth-order valence-corrected chi connectivity index (χ4v) is 4.62. The van der Waals surface area contributed by atoms with Crippen molar-refractivity contribution in [3.63, 3.8) is 0 Å². The van der Waals surface area contributed by atoms with Gasteiger partial charge in [-0.15, -0.1) is 0 Å². The molecule has 1 amide bonds. The van der Waals surface area contributed by atoms with Gasteiger partial charge in [0, 0.05) is 13.2 Å². The molecular formula is C21H23F3N2O4S. The Morgan fingerprint density at radius 3 is 2.52 bits per heavy atom. The standard InChI is InChI=1S/C21H23F3N2O4S/c1-15-7-9-19(10-8-15)31(28,29)26(14-20(27)25-13-18-6-3-11-30-18)17-5-2-4-16(12-17)21(22,23)24/h2,4-5,7-10,12,18H,3,6,11,13-14H2,1H3,(H,25,27)/t18-/m0/s1. The highest BCUT2D eigenvalue weighted by molar-refractivity contribution is 7.92. The van der Waals surface area contributed by atoms with Crippen LogP contribution in [0.15, 0.2) is 53.4 Å². The number of anilines is 1. The Hall–Kier alpha value is -2.59. The van der Waals surface area contributed by atoms with E-state index in [1.807, 2.05) is 0 Å². The van der Waals surface area contributed by atoms with Gasteiger partial charge in [0.15, 0.2) is 0 Å². The van der Waals surface area contributed by atoms with E-state index < -0.39 is 34.2 Å². The molecular weight excluding hydrogens is 433 g/mol. The van der Waals surface area contributed by atoms with Crippen LogP contribution in [0.1, 0.15) is 24.0 Å². The molecule has 1 heterocycles. The minimum absolute atomic E-state index is 0.123. The van der Waals surface area contributed by atoms with Gasteiger partial charge in [0.25, 0.3) is 10.0 Å². The molecule has 0 spiro atoms. The van der Waals surface area contributed by atoms with Crippen molar-refractivity contribution < 1.29 is 31.1 Å². The Bertz CT molecular complexity index is 1020. The third-order valence-corrected chi connectivity index (χ3v) is 6.70. The minimum Gasteiger partial charge on any atom is -0.376 e. The summed E-state index contributed by atoms with van der Waals surface area (Å²) in [5.41, 5.74) is -0.435. The van der Waals surface area contributed by atoms with E-state index in [1.54, 1.807) is 19.1 Å². The third kappa shape index (κ3) is 5.76. The van der Waals surface area contributed by atoms with Gasteiger partial charge in [-0.2, -0.15) is 13.2 Å². The third-order valence-electron chi connectivity index (χ3n) is 4.91. The van der Waals surface area contributed by atoms with E-state index in [0.29, 0.717) is 10.9 Å². The fraction of sp³-hybridized carbons (Fsp3) is 0.381. The summed E-state index contributed by atoms with van der Waals surface area (Å²) in [5.74, 6) is -0.636. The summed E-state index contributed by atoms with van der Waals surface area (Å²) in [6.45, 7) is 1.92. The molecule has 1 aliphatic heterocycles. The first kappa shape index (κ1) is 23.1. The number of nitrogens with zero attached hydrogens (tertiary/aromatic N) is 1. The number of carbonyl (C=O) groups is 1. The molecule has 0 aliphatic carbocycles. The highest BCUT2D eigenvalue weighted by atomic mass is 32.2. The topological polar surface area (TPSA) is 75.7 Å². The van der Waals surface area contributed by atoms with Crippen LogP contribution in [0.2, 0.25) is 0 Å². The van der Waals surface area contributed by atoms with Crippen molar-refractivity contribution in [3.05, 3.63) is 59.7 Å². The molecule has 3 rings (SSSR count). The number of carbonyl (C=O) groups excluding carboxylic acids is 1. The first-order chi connectivity index (χ1) is 14.6. The molecule has 2 aromatic carbocycles. The van der Waals surface area contributed by atoms with E-state index in [-0.39, 0.29) is 23.2 Å². The van der Waals surface area contributed by atoms with E-state index in [4.69, 9.17) is 4.74 Å². The van der Waals surface area contributed by atoms with E-state index in [9.17, 15) is 26.4 Å². The summed E-state index contributed by atoms with van der Waals surface area (Å²) in [6.07, 6.45) is -3.16. The quantitative estimate of drug-likeness (QED) is 0.692. The summed E-state index contributed by atoms with van der Waals surface area (Å²) in [5, 5.41) is 2.61. The number of alkyl halides is 3. The van der Waals surface area contributed by atoms with Crippen LogP contribution in [-0.2, 0) is 25.7 Å². The predicted molar refractivity (Wildman–Crippen MR) is 109 cm³/mol. The number of rotatable bonds is 7. The van der Waals surface area contributed by atoms with Gasteiger partial charge in [-0.3, -0.25) is 9.10 Å². The molecule has 168 valence electrons. The molecule has 0 radical (unpaired) electrons. The van der Waals surface area contributed by atoms with E-state index in [1.165, 1.54) is 18.2 Å². The van der Waals surface area contributed by atoms with Gasteiger partial charge in [0.1, 0.15) is 6.54 Å². The first-order valence-electron chi connectivity index (χ1n) is 9.72. The monoisotopic (exact) mass is 456 g/mol. The maximum absolute atomic E-state index is 13.2. The normalized spacial score (nSPS) is 16.8. The number of aryl methyl sites for hydroxylation is 1. The minimum atomic E-state index is -4.66. The molecule has 1 fully saturated rings. The number of hydrogen-bond acceptors (Lipinski definition) is 4. The van der Waals surface area contributed by atoms with Gasteiger partial charge >= 0.3 is 6.18 Å². The van der Waals surface area contributed by atoms with E-state index in [0.717, 1.165) is 36.6 Å². The number of halogens is 3. The molecule has 1 N–H and O–H groups in total. The van der Waals surface area contributed by atoms with Crippen LogP contribution in [0.5, 0.6) is 0 Å². The first-order valence-corrected chi connectivity index (χ1v) is 11.2. The van der Waals surface area contributed by atoms with Gasteiger partial charge in [-0.25, -0.2) is 8.42 Å². The van der Waals surface area contributed by atoms with Crippen LogP contribution < -0.4 is 9.62 Å². The molecule has 1 aliphatic rings. The van der Waals surface area contributed by atoms with Crippen molar-refractivity contribution in [1.29, 1.82) is 0 Å². The van der Waals surface area contributed by atoms with Crippen LogP contribution in [0.3, 0.4) is 0 Å². The van der Waals surface area contributed by atoms with Gasteiger partial charge in [0.2, 0.25) is 5.91 Å². The van der Waals surface area contributed by atoms with Crippen LogP contribution in [0.4, 0.5) is 18.9 Å². The van der Waals surface area contributed by atoms with Crippen molar-refractivity contribution in [1.82, 2.24) is 5.32 Å². The second-order valence-electron chi connectivity index (χ2n) is 7.31. The lowest BCUT2D eigenvalue weighted by atomic mass is 10.2. The van der Waals surface area contributed by atoms with Crippen molar-refractivity contribution in [2.24, 2.45) is 0 Å². The molecule has 0 saturated carbocycles. The lowest BCUT2D eigenvalue weighted by Crippen LogP contribution is -2.43. The Morgan fingerprint density at radius 2 is 1.90 bits per heavy atom. The largest absolute Gasteiger partial charge is 0.416 e. The molecule has 10 heteroatoms. The Morgan fingerprint density at radius 1 is 1.19 bits per heavy atom. The zero-order valence-electron chi connectivity index (χ0n) is 16.9. The molecule has 31 heavy (non-hydrogen) atoms. The molecule has 1 atom stereocenters. The lowest BCUT2D eigenvalue weighted by Gasteiger charge is -2.25. The predicted octanol–water partition coefficient (Wildman–Crippen LogP) is 3.50. The van der Waals surface area contributed by atoms with Crippen LogP contribution in [0.25, 0.3) is 0 Å². The Kier molecular flexibility index (Phi) is 6.90. The van der Waals surface area contributed by atoms with Gasteiger partial charge in [-0.05, 0) is 50.1 Å². The Balaban J connectivity index is 1.91. The van der Waals surface area contributed by atoms with Gasteiger partial charge in [-0.1, -0.05) is 23.8 Å². The summed E-state index contributed by atoms with van der Waals surface area (Å²) < 4.78 is 72.2. The van der Waals surface area contributed by atoms with Crippen LogP contribution in [0, 0.1) is 6.92 Å². The summed E-state index contributed by atoms with van der Waals surface area (Å²) in [7, 11) is -4.29. The molecule has 2 aromatic rings. The molecule has 0 unspecified atom stereocenters. The van der Waals surface area contributed by atoms with Crippen molar-refractivity contribution in [3.8, 4) is 0 Å². The number of nitrogens with one attached hydrogen (secondary N) is 1. The second-order valence-corrected chi connectivity index (χ2v) is 9.17. The SMILES string of the molecule is Cc1ccc(S(=O)(=O)N(CC(=O)NC[C@@H]2CCCO2)c2cccc(C(F)(F)F)c2)cc1. The van der Waals surface area contributed by atoms with Crippen molar-refractivity contribution in [2.75, 3.05) is 24.0 Å². The van der Waals surface area contributed by atoms with Crippen LogP contribution in [-0.4, -0.2) is 40.1 Å². The second kappa shape index (κ2) is 9.27. The Labute approximate surface area is 179 Å². The van der Waals surface area contributed by atoms with E-state index >= 15 is 0 Å². The van der Waals surface area contributed by atoms with E-state index in [2.05, 4.69) is 5.32 Å². The lowest BCUT2D eigenvalue weighted by molar-refractivity contribution is -0.137. The zero-order chi connectivity index (χ0) is 22.6. The number of sulfonamides is 1. The number of benzene rings is 2. The van der Waals surface area contributed by atoms with Crippen molar-refractivity contribution >= 4 is 21.6 Å². The van der Waals surface area contributed by atoms with Gasteiger partial charge in [0.05, 0.1) is 22.3 Å². The highest BCUT2D eigenvalue weighted by Gasteiger charge is 2.33. The molecule has 1 saturated heterocycles. The maximum atomic E-state index is 13.2. The smallest absolute Gasteiger partial charge is 0.376 e. The average Bonchev–Trinajstić information content (AvgIpc) is 3.24. The summed E-state index contributed by atoms with van der Waals surface area (Å²) in [4.78, 5) is 12.4. The summed E-state index contributed by atoms with van der Waals surface area (Å²) in [6, 6.07) is 9.78. The molecule has 0 aromatic heterocycles. The number of hydrogen-bond donors (Lipinski definition) is 1. The van der Waals surface area contributed by atoms with Crippen LogP contribution >= 0.6 is 0 Å². The number of amides is 1. The highest BCUT2D eigenvalue weighted by Crippen LogP contribution is 2.33. The zero-order valence-corrected chi connectivity index (χ0v) is 17.7. The van der Waals surface area contributed by atoms with Crippen molar-refractivity contribution in [2.45, 2.75) is 36.9 Å². The number of ether oxygens (including phenoxy) is 1. The fourth-order valence-electron chi connectivity index (χ4n) is 3.21. The average molecular weight is 456 g/mol. The summed E-state index contributed by atoms with van der Waals surface area (Å²) >= 11 is 0.